The quantitative estimate of drug-likeness (QED) is 0.870. The van der Waals surface area contributed by atoms with Crippen LogP contribution in [-0.4, -0.2) is 16.2 Å². The van der Waals surface area contributed by atoms with Crippen LogP contribution in [0.1, 0.15) is 62.0 Å². The van der Waals surface area contributed by atoms with Crippen molar-refractivity contribution in [1.29, 1.82) is 0 Å². The molecule has 1 saturated carbocycles. The molecule has 0 saturated heterocycles. The standard InChI is InChI=1S/C15H19ClO3/c1-9(15(18)19)11-7-13(16)12(8-14(11)17)10-5-3-2-4-6-10/h7-10,17H,2-6H2,1H3,(H,18,19). The van der Waals surface area contributed by atoms with Gasteiger partial charge in [-0.25, -0.2) is 0 Å². The lowest BCUT2D eigenvalue weighted by molar-refractivity contribution is -0.138. The molecule has 1 aromatic carbocycles. The molecule has 1 fully saturated rings. The number of carboxylic acids is 1. The number of hydrogen-bond donors (Lipinski definition) is 2. The Morgan fingerprint density at radius 3 is 2.53 bits per heavy atom. The predicted molar refractivity (Wildman–Crippen MR) is 75.0 cm³/mol. The highest BCUT2D eigenvalue weighted by molar-refractivity contribution is 6.31. The number of phenolic OH excluding ortho intramolecular Hbond substituents is 1. The minimum atomic E-state index is -0.961. The molecule has 0 radical (unpaired) electrons. The van der Waals surface area contributed by atoms with Gasteiger partial charge in [0.05, 0.1) is 5.92 Å². The van der Waals surface area contributed by atoms with Crippen molar-refractivity contribution in [3.8, 4) is 5.75 Å². The Morgan fingerprint density at radius 2 is 1.95 bits per heavy atom. The number of phenols is 1. The molecule has 19 heavy (non-hydrogen) atoms. The maximum absolute atomic E-state index is 11.0. The van der Waals surface area contributed by atoms with Gasteiger partial charge in [-0.3, -0.25) is 4.79 Å². The van der Waals surface area contributed by atoms with Gasteiger partial charge >= 0.3 is 5.97 Å². The summed E-state index contributed by atoms with van der Waals surface area (Å²) in [5.41, 5.74) is 1.34. The fourth-order valence-corrected chi connectivity index (χ4v) is 3.13. The molecular formula is C15H19ClO3. The fraction of sp³-hybridized carbons (Fsp3) is 0.533. The number of aromatic hydroxyl groups is 1. The highest BCUT2D eigenvalue weighted by atomic mass is 35.5. The summed E-state index contributed by atoms with van der Waals surface area (Å²) in [4.78, 5) is 11.0. The van der Waals surface area contributed by atoms with Crippen molar-refractivity contribution in [2.24, 2.45) is 0 Å². The van der Waals surface area contributed by atoms with Crippen molar-refractivity contribution < 1.29 is 15.0 Å². The van der Waals surface area contributed by atoms with Gasteiger partial charge in [0.1, 0.15) is 5.75 Å². The van der Waals surface area contributed by atoms with E-state index >= 15 is 0 Å². The molecule has 1 unspecified atom stereocenters. The minimum Gasteiger partial charge on any atom is -0.508 e. The summed E-state index contributed by atoms with van der Waals surface area (Å²) in [6.07, 6.45) is 5.82. The van der Waals surface area contributed by atoms with Crippen molar-refractivity contribution >= 4 is 17.6 Å². The lowest BCUT2D eigenvalue weighted by atomic mass is 9.83. The van der Waals surface area contributed by atoms with E-state index in [1.54, 1.807) is 19.1 Å². The molecule has 1 aliphatic carbocycles. The van der Waals surface area contributed by atoms with Crippen LogP contribution < -0.4 is 0 Å². The third-order valence-corrected chi connectivity index (χ3v) is 4.36. The molecule has 1 aromatic rings. The van der Waals surface area contributed by atoms with E-state index in [0.717, 1.165) is 18.4 Å². The van der Waals surface area contributed by atoms with Crippen LogP contribution in [-0.2, 0) is 4.79 Å². The van der Waals surface area contributed by atoms with E-state index in [2.05, 4.69) is 0 Å². The van der Waals surface area contributed by atoms with Gasteiger partial charge in [-0.2, -0.15) is 0 Å². The topological polar surface area (TPSA) is 57.5 Å². The maximum Gasteiger partial charge on any atom is 0.310 e. The molecular weight excluding hydrogens is 264 g/mol. The molecule has 1 atom stereocenters. The molecule has 2 rings (SSSR count). The first-order chi connectivity index (χ1) is 9.00. The second-order valence-corrected chi connectivity index (χ2v) is 5.73. The molecule has 0 bridgehead atoms. The third-order valence-electron chi connectivity index (χ3n) is 4.03. The van der Waals surface area contributed by atoms with Gasteiger partial charge in [-0.1, -0.05) is 30.9 Å². The van der Waals surface area contributed by atoms with Crippen molar-refractivity contribution in [2.75, 3.05) is 0 Å². The summed E-state index contributed by atoms with van der Waals surface area (Å²) < 4.78 is 0. The van der Waals surface area contributed by atoms with Gasteiger partial charge in [-0.05, 0) is 43.4 Å². The van der Waals surface area contributed by atoms with Crippen LogP contribution in [0.4, 0.5) is 0 Å². The summed E-state index contributed by atoms with van der Waals surface area (Å²) in [6, 6.07) is 3.27. The summed E-state index contributed by atoms with van der Waals surface area (Å²) in [6.45, 7) is 1.55. The molecule has 1 aliphatic rings. The third kappa shape index (κ3) is 3.03. The van der Waals surface area contributed by atoms with Crippen molar-refractivity contribution in [1.82, 2.24) is 0 Å². The number of aliphatic carboxylic acids is 1. The molecule has 0 aromatic heterocycles. The lowest BCUT2D eigenvalue weighted by Crippen LogP contribution is -2.09. The van der Waals surface area contributed by atoms with E-state index in [-0.39, 0.29) is 5.75 Å². The van der Waals surface area contributed by atoms with Crippen LogP contribution in [0.5, 0.6) is 5.75 Å². The van der Waals surface area contributed by atoms with Crippen LogP contribution in [0, 0.1) is 0 Å². The molecule has 0 amide bonds. The normalized spacial score (nSPS) is 18.2. The molecule has 3 nitrogen and oxygen atoms in total. The predicted octanol–water partition coefficient (Wildman–Crippen LogP) is 4.28. The van der Waals surface area contributed by atoms with Crippen LogP contribution in [0.25, 0.3) is 0 Å². The highest BCUT2D eigenvalue weighted by Crippen LogP contribution is 2.40. The molecule has 4 heteroatoms. The number of rotatable bonds is 3. The Labute approximate surface area is 118 Å². The van der Waals surface area contributed by atoms with Crippen LogP contribution in [0.2, 0.25) is 5.02 Å². The van der Waals surface area contributed by atoms with Crippen molar-refractivity contribution in [3.05, 3.63) is 28.3 Å². The monoisotopic (exact) mass is 282 g/mol. The zero-order valence-corrected chi connectivity index (χ0v) is 11.8. The number of benzene rings is 1. The van der Waals surface area contributed by atoms with Gasteiger partial charge in [0.15, 0.2) is 0 Å². The molecule has 104 valence electrons. The maximum atomic E-state index is 11.0. The summed E-state index contributed by atoms with van der Waals surface area (Å²) in [7, 11) is 0. The molecule has 2 N–H and O–H groups in total. The Hall–Kier alpha value is -1.22. The Kier molecular flexibility index (Phi) is 4.35. The molecule has 0 spiro atoms. The number of carboxylic acid groups (broad SMARTS) is 1. The fourth-order valence-electron chi connectivity index (χ4n) is 2.80. The van der Waals surface area contributed by atoms with Gasteiger partial charge in [0, 0.05) is 10.6 Å². The van der Waals surface area contributed by atoms with Gasteiger partial charge in [0.2, 0.25) is 0 Å². The zero-order chi connectivity index (χ0) is 14.0. The SMILES string of the molecule is CC(C(=O)O)c1cc(Cl)c(C2CCCCC2)cc1O. The lowest BCUT2D eigenvalue weighted by Gasteiger charge is -2.24. The van der Waals surface area contributed by atoms with Crippen LogP contribution in [0.15, 0.2) is 12.1 Å². The number of halogens is 1. The average molecular weight is 283 g/mol. The second-order valence-electron chi connectivity index (χ2n) is 5.33. The summed E-state index contributed by atoms with van der Waals surface area (Å²) in [5, 5.41) is 19.6. The highest BCUT2D eigenvalue weighted by Gasteiger charge is 2.23. The zero-order valence-electron chi connectivity index (χ0n) is 11.0. The Morgan fingerprint density at radius 1 is 1.32 bits per heavy atom. The minimum absolute atomic E-state index is 0.0415. The molecule has 0 aliphatic heterocycles. The van der Waals surface area contributed by atoms with E-state index in [0.29, 0.717) is 16.5 Å². The van der Waals surface area contributed by atoms with Crippen molar-refractivity contribution in [3.63, 3.8) is 0 Å². The van der Waals surface area contributed by atoms with Gasteiger partial charge < -0.3 is 10.2 Å². The van der Waals surface area contributed by atoms with Crippen LogP contribution in [0.3, 0.4) is 0 Å². The van der Waals surface area contributed by atoms with E-state index in [9.17, 15) is 9.90 Å². The van der Waals surface area contributed by atoms with E-state index in [4.69, 9.17) is 16.7 Å². The molecule has 0 heterocycles. The largest absolute Gasteiger partial charge is 0.508 e. The Bertz CT molecular complexity index is 479. The first-order valence-electron chi connectivity index (χ1n) is 6.75. The second kappa shape index (κ2) is 5.83. The van der Waals surface area contributed by atoms with Gasteiger partial charge in [0.25, 0.3) is 0 Å². The smallest absolute Gasteiger partial charge is 0.310 e. The van der Waals surface area contributed by atoms with E-state index < -0.39 is 11.9 Å². The van der Waals surface area contributed by atoms with Crippen LogP contribution >= 0.6 is 11.6 Å². The number of carbonyl (C=O) groups is 1. The van der Waals surface area contributed by atoms with Gasteiger partial charge in [-0.15, -0.1) is 0 Å². The summed E-state index contributed by atoms with van der Waals surface area (Å²) >= 11 is 6.28. The van der Waals surface area contributed by atoms with E-state index in [1.165, 1.54) is 19.3 Å². The first-order valence-corrected chi connectivity index (χ1v) is 7.13. The Balaban J connectivity index is 2.33. The number of hydrogen-bond acceptors (Lipinski definition) is 2. The summed E-state index contributed by atoms with van der Waals surface area (Å²) in [5.74, 6) is -1.28. The van der Waals surface area contributed by atoms with Crippen molar-refractivity contribution in [2.45, 2.75) is 50.9 Å². The first kappa shape index (κ1) is 14.2. The average Bonchev–Trinajstić information content (AvgIpc) is 2.41. The van der Waals surface area contributed by atoms with E-state index in [1.807, 2.05) is 0 Å².